The van der Waals surface area contributed by atoms with Crippen LogP contribution in [0.1, 0.15) is 44.4 Å². The summed E-state index contributed by atoms with van der Waals surface area (Å²) >= 11 is 0. The maximum atomic E-state index is 12.7. The van der Waals surface area contributed by atoms with Crippen molar-refractivity contribution in [3.8, 4) is 0 Å². The van der Waals surface area contributed by atoms with Crippen molar-refractivity contribution in [2.75, 3.05) is 4.72 Å². The fraction of sp³-hybridized carbons (Fsp3) is 0.471. The van der Waals surface area contributed by atoms with Gasteiger partial charge in [0.2, 0.25) is 0 Å². The second kappa shape index (κ2) is 6.57. The Hall–Kier alpha value is -1.86. The zero-order valence-corrected chi connectivity index (χ0v) is 15.0. The first-order valence-electron chi connectivity index (χ1n) is 8.12. The standard InChI is InChI=1S/C17H23N3O3S/c1-12(2)8-13(3)20-17(6-7-18-20)19-24(21,22)16-5-4-14-10-23-11-15(14)9-16/h4-7,9,12-13,19H,8,10-11H2,1-3H3/t13-/m0/s1. The summed E-state index contributed by atoms with van der Waals surface area (Å²) in [5.74, 6) is 0.991. The highest BCUT2D eigenvalue weighted by molar-refractivity contribution is 7.92. The number of fused-ring (bicyclic) bond motifs is 1. The summed E-state index contributed by atoms with van der Waals surface area (Å²) in [5.41, 5.74) is 1.98. The van der Waals surface area contributed by atoms with Crippen LogP contribution in [0, 0.1) is 5.92 Å². The average molecular weight is 349 g/mol. The molecular weight excluding hydrogens is 326 g/mol. The first kappa shape index (κ1) is 17.0. The molecule has 130 valence electrons. The van der Waals surface area contributed by atoms with Gasteiger partial charge in [-0.25, -0.2) is 13.1 Å². The van der Waals surface area contributed by atoms with Gasteiger partial charge >= 0.3 is 0 Å². The number of anilines is 1. The van der Waals surface area contributed by atoms with Crippen LogP contribution >= 0.6 is 0 Å². The molecular formula is C17H23N3O3S. The predicted octanol–water partition coefficient (Wildman–Crippen LogP) is 3.32. The highest BCUT2D eigenvalue weighted by Crippen LogP contribution is 2.26. The SMILES string of the molecule is CC(C)C[C@H](C)n1nccc1NS(=O)(=O)c1ccc2c(c1)COC2. The number of sulfonamides is 1. The quantitative estimate of drug-likeness (QED) is 0.868. The second-order valence-corrected chi connectivity index (χ2v) is 8.35. The van der Waals surface area contributed by atoms with Gasteiger partial charge in [0.1, 0.15) is 5.82 Å². The molecule has 1 aromatic heterocycles. The molecule has 1 aromatic carbocycles. The molecule has 0 amide bonds. The molecule has 1 aliphatic rings. The molecule has 0 fully saturated rings. The van der Waals surface area contributed by atoms with Crippen molar-refractivity contribution < 1.29 is 13.2 Å². The number of aromatic nitrogens is 2. The molecule has 0 spiro atoms. The first-order chi connectivity index (χ1) is 11.4. The summed E-state index contributed by atoms with van der Waals surface area (Å²) in [6, 6.07) is 6.92. The van der Waals surface area contributed by atoms with Gasteiger partial charge < -0.3 is 4.74 Å². The van der Waals surface area contributed by atoms with Gasteiger partial charge in [-0.1, -0.05) is 19.9 Å². The third-order valence-corrected chi connectivity index (χ3v) is 5.49. The average Bonchev–Trinajstić information content (AvgIpc) is 3.13. The molecule has 0 radical (unpaired) electrons. The molecule has 1 N–H and O–H groups in total. The summed E-state index contributed by atoms with van der Waals surface area (Å²) < 4.78 is 35.1. The van der Waals surface area contributed by atoms with Crippen molar-refractivity contribution in [3.05, 3.63) is 41.6 Å². The van der Waals surface area contributed by atoms with Crippen LogP contribution in [0.15, 0.2) is 35.4 Å². The van der Waals surface area contributed by atoms with E-state index < -0.39 is 10.0 Å². The van der Waals surface area contributed by atoms with Crippen LogP contribution in [0.25, 0.3) is 0 Å². The van der Waals surface area contributed by atoms with Crippen LogP contribution in [-0.2, 0) is 28.0 Å². The van der Waals surface area contributed by atoms with Crippen LogP contribution in [0.4, 0.5) is 5.82 Å². The number of nitrogens with one attached hydrogen (secondary N) is 1. The Kier molecular flexibility index (Phi) is 4.64. The minimum atomic E-state index is -3.66. The molecule has 24 heavy (non-hydrogen) atoms. The normalized spacial score (nSPS) is 15.5. The maximum absolute atomic E-state index is 12.7. The van der Waals surface area contributed by atoms with E-state index in [4.69, 9.17) is 4.74 Å². The Morgan fingerprint density at radius 2 is 1.96 bits per heavy atom. The molecule has 0 bridgehead atoms. The highest BCUT2D eigenvalue weighted by Gasteiger charge is 2.21. The Morgan fingerprint density at radius 3 is 2.71 bits per heavy atom. The predicted molar refractivity (Wildman–Crippen MR) is 92.1 cm³/mol. The number of benzene rings is 1. The highest BCUT2D eigenvalue weighted by atomic mass is 32.2. The second-order valence-electron chi connectivity index (χ2n) is 6.67. The lowest BCUT2D eigenvalue weighted by molar-refractivity contribution is 0.134. The monoisotopic (exact) mass is 349 g/mol. The molecule has 3 rings (SSSR count). The van der Waals surface area contributed by atoms with Gasteiger partial charge in [-0.2, -0.15) is 5.10 Å². The largest absolute Gasteiger partial charge is 0.372 e. The zero-order chi connectivity index (χ0) is 17.3. The van der Waals surface area contributed by atoms with Crippen LogP contribution in [0.5, 0.6) is 0 Å². The van der Waals surface area contributed by atoms with Gasteiger partial charge in [0.05, 0.1) is 30.3 Å². The van der Waals surface area contributed by atoms with Crippen molar-refractivity contribution in [2.45, 2.75) is 51.3 Å². The van der Waals surface area contributed by atoms with Gasteiger partial charge in [-0.3, -0.25) is 4.72 Å². The lowest BCUT2D eigenvalue weighted by Gasteiger charge is -2.18. The minimum absolute atomic E-state index is 0.117. The number of nitrogens with zero attached hydrogens (tertiary/aromatic N) is 2. The molecule has 6 nitrogen and oxygen atoms in total. The summed E-state index contributed by atoms with van der Waals surface area (Å²) in [6.07, 6.45) is 2.54. The summed E-state index contributed by atoms with van der Waals surface area (Å²) in [5, 5.41) is 4.27. The van der Waals surface area contributed by atoms with Gasteiger partial charge in [0.15, 0.2) is 0 Å². The van der Waals surface area contributed by atoms with Crippen LogP contribution in [0.2, 0.25) is 0 Å². The van der Waals surface area contributed by atoms with E-state index in [0.29, 0.717) is 24.9 Å². The fourth-order valence-corrected chi connectivity index (χ4v) is 4.14. The minimum Gasteiger partial charge on any atom is -0.372 e. The van der Waals surface area contributed by atoms with E-state index in [2.05, 4.69) is 23.7 Å². The number of rotatable bonds is 6. The molecule has 0 saturated carbocycles. The van der Waals surface area contributed by atoms with Crippen LogP contribution in [0.3, 0.4) is 0 Å². The number of ether oxygens (including phenoxy) is 1. The van der Waals surface area contributed by atoms with E-state index in [1.165, 1.54) is 0 Å². The lowest BCUT2D eigenvalue weighted by Crippen LogP contribution is -2.19. The van der Waals surface area contributed by atoms with Gasteiger partial charge in [-0.05, 0) is 42.5 Å². The Morgan fingerprint density at radius 1 is 1.21 bits per heavy atom. The molecule has 2 aromatic rings. The van der Waals surface area contributed by atoms with Crippen molar-refractivity contribution >= 4 is 15.8 Å². The van der Waals surface area contributed by atoms with E-state index in [1.54, 1.807) is 29.1 Å². The Bertz CT molecular complexity index is 827. The maximum Gasteiger partial charge on any atom is 0.263 e. The van der Waals surface area contributed by atoms with Crippen molar-refractivity contribution in [3.63, 3.8) is 0 Å². The number of hydrogen-bond acceptors (Lipinski definition) is 4. The van der Waals surface area contributed by atoms with E-state index in [-0.39, 0.29) is 10.9 Å². The number of hydrogen-bond donors (Lipinski definition) is 1. The van der Waals surface area contributed by atoms with Gasteiger partial charge in [-0.15, -0.1) is 0 Å². The Labute approximate surface area is 142 Å². The van der Waals surface area contributed by atoms with Gasteiger partial charge in [0, 0.05) is 6.07 Å². The molecule has 7 heteroatoms. The van der Waals surface area contributed by atoms with Crippen molar-refractivity contribution in [2.24, 2.45) is 5.92 Å². The molecule has 2 heterocycles. The molecule has 1 atom stereocenters. The Balaban J connectivity index is 1.84. The van der Waals surface area contributed by atoms with E-state index >= 15 is 0 Å². The topological polar surface area (TPSA) is 73.2 Å². The summed E-state index contributed by atoms with van der Waals surface area (Å²) in [4.78, 5) is 0.246. The van der Waals surface area contributed by atoms with E-state index in [9.17, 15) is 8.42 Å². The third-order valence-electron chi connectivity index (χ3n) is 4.14. The molecule has 1 aliphatic heterocycles. The van der Waals surface area contributed by atoms with Crippen LogP contribution < -0.4 is 4.72 Å². The summed E-state index contributed by atoms with van der Waals surface area (Å²) in [7, 11) is -3.66. The molecule has 0 saturated heterocycles. The lowest BCUT2D eigenvalue weighted by atomic mass is 10.1. The molecule has 0 aliphatic carbocycles. The zero-order valence-electron chi connectivity index (χ0n) is 14.2. The van der Waals surface area contributed by atoms with Crippen LogP contribution in [-0.4, -0.2) is 18.2 Å². The van der Waals surface area contributed by atoms with Gasteiger partial charge in [0.25, 0.3) is 10.0 Å². The van der Waals surface area contributed by atoms with E-state index in [0.717, 1.165) is 17.5 Å². The smallest absolute Gasteiger partial charge is 0.263 e. The fourth-order valence-electron chi connectivity index (χ4n) is 3.04. The third kappa shape index (κ3) is 3.47. The molecule has 0 unspecified atom stereocenters. The first-order valence-corrected chi connectivity index (χ1v) is 9.61. The van der Waals surface area contributed by atoms with E-state index in [1.807, 2.05) is 13.0 Å². The summed E-state index contributed by atoms with van der Waals surface area (Å²) in [6.45, 7) is 7.31. The van der Waals surface area contributed by atoms with Crippen molar-refractivity contribution in [1.29, 1.82) is 0 Å². The van der Waals surface area contributed by atoms with Crippen molar-refractivity contribution in [1.82, 2.24) is 9.78 Å².